The van der Waals surface area contributed by atoms with Gasteiger partial charge >= 0.3 is 0 Å². The van der Waals surface area contributed by atoms with Crippen molar-refractivity contribution in [1.82, 2.24) is 14.5 Å². The largest absolute Gasteiger partial charge is 0.354 e. The van der Waals surface area contributed by atoms with Gasteiger partial charge in [0.15, 0.2) is 0 Å². The van der Waals surface area contributed by atoms with Crippen molar-refractivity contribution in [3.8, 4) is 0 Å². The number of benzene rings is 3. The monoisotopic (exact) mass is 595 g/mol. The highest BCUT2D eigenvalue weighted by Crippen LogP contribution is 2.26. The summed E-state index contributed by atoms with van der Waals surface area (Å²) in [6, 6.07) is 22.6. The minimum Gasteiger partial charge on any atom is -0.354 e. The molecule has 3 aromatic carbocycles. The fraction of sp³-hybridized carbons (Fsp3) is 0.375. The van der Waals surface area contributed by atoms with Gasteiger partial charge in [-0.1, -0.05) is 79.5 Å². The topological polar surface area (TPSA) is 86.8 Å². The summed E-state index contributed by atoms with van der Waals surface area (Å²) in [5, 5.41) is 3.61. The van der Waals surface area contributed by atoms with Crippen LogP contribution in [0.15, 0.2) is 83.8 Å². The van der Waals surface area contributed by atoms with Crippen LogP contribution < -0.4 is 5.32 Å². The van der Waals surface area contributed by atoms with Gasteiger partial charge in [0.2, 0.25) is 21.8 Å². The highest BCUT2D eigenvalue weighted by molar-refractivity contribution is 7.89. The smallest absolute Gasteiger partial charge is 0.247 e. The van der Waals surface area contributed by atoms with Crippen LogP contribution in [0.25, 0.3) is 0 Å². The molecule has 2 amide bonds. The zero-order valence-electron chi connectivity index (χ0n) is 23.5. The van der Waals surface area contributed by atoms with Gasteiger partial charge in [0.1, 0.15) is 6.04 Å². The van der Waals surface area contributed by atoms with E-state index < -0.39 is 16.1 Å². The van der Waals surface area contributed by atoms with E-state index in [4.69, 9.17) is 11.6 Å². The molecule has 0 aliphatic carbocycles. The number of amides is 2. The molecule has 1 atom stereocenters. The molecular weight excluding hydrogens is 558 g/mol. The van der Waals surface area contributed by atoms with Crippen LogP contribution in [0, 0.1) is 0 Å². The van der Waals surface area contributed by atoms with Crippen LogP contribution in [0.4, 0.5) is 0 Å². The summed E-state index contributed by atoms with van der Waals surface area (Å²) >= 11 is 6.10. The Morgan fingerprint density at radius 2 is 1.56 bits per heavy atom. The Labute approximate surface area is 248 Å². The molecule has 1 N–H and O–H groups in total. The second-order valence-electron chi connectivity index (χ2n) is 10.4. The number of carbonyl (C=O) groups is 2. The minimum atomic E-state index is -3.49. The number of halogens is 1. The Morgan fingerprint density at radius 1 is 0.927 bits per heavy atom. The molecule has 1 aliphatic heterocycles. The molecule has 1 saturated heterocycles. The lowest BCUT2D eigenvalue weighted by Crippen LogP contribution is -2.43. The molecule has 218 valence electrons. The van der Waals surface area contributed by atoms with Crippen molar-refractivity contribution in [3.63, 3.8) is 0 Å². The van der Waals surface area contributed by atoms with Gasteiger partial charge in [-0.2, -0.15) is 4.31 Å². The van der Waals surface area contributed by atoms with E-state index in [1.54, 1.807) is 41.3 Å². The summed E-state index contributed by atoms with van der Waals surface area (Å²) < 4.78 is 27.3. The van der Waals surface area contributed by atoms with Gasteiger partial charge in [-0.05, 0) is 66.6 Å². The second kappa shape index (κ2) is 14.6. The highest BCUT2D eigenvalue weighted by Gasteiger charge is 2.31. The van der Waals surface area contributed by atoms with Crippen LogP contribution in [0.2, 0.25) is 5.02 Å². The molecule has 1 aliphatic rings. The molecule has 41 heavy (non-hydrogen) atoms. The summed E-state index contributed by atoms with van der Waals surface area (Å²) in [4.78, 5) is 29.3. The van der Waals surface area contributed by atoms with Gasteiger partial charge in [-0.3, -0.25) is 9.59 Å². The van der Waals surface area contributed by atoms with Crippen LogP contribution in [0.1, 0.15) is 61.8 Å². The van der Waals surface area contributed by atoms with E-state index in [1.807, 2.05) is 42.5 Å². The van der Waals surface area contributed by atoms with Crippen LogP contribution in [0.5, 0.6) is 0 Å². The molecule has 4 rings (SSSR count). The minimum absolute atomic E-state index is 0.164. The maximum Gasteiger partial charge on any atom is 0.247 e. The highest BCUT2D eigenvalue weighted by atomic mass is 35.5. The van der Waals surface area contributed by atoms with Gasteiger partial charge in [-0.25, -0.2) is 8.42 Å². The van der Waals surface area contributed by atoms with Crippen molar-refractivity contribution >= 4 is 33.4 Å². The quantitative estimate of drug-likeness (QED) is 0.255. The van der Waals surface area contributed by atoms with E-state index >= 15 is 0 Å². The van der Waals surface area contributed by atoms with E-state index in [-0.39, 0.29) is 29.7 Å². The number of nitrogens with zero attached hydrogens (tertiary/aromatic N) is 2. The van der Waals surface area contributed by atoms with Crippen LogP contribution in [-0.4, -0.2) is 49.1 Å². The predicted octanol–water partition coefficient (Wildman–Crippen LogP) is 5.74. The normalized spacial score (nSPS) is 14.5. The Kier molecular flexibility index (Phi) is 11.0. The third-order valence-electron chi connectivity index (χ3n) is 7.35. The van der Waals surface area contributed by atoms with E-state index in [2.05, 4.69) is 12.2 Å². The standard InChI is InChI=1S/C32H38ClN3O4S/c1-2-3-21-34-32(38)31(27-9-5-4-6-10-27)36(24-26-11-16-28(33)17-12-26)30(37)20-15-25-13-18-29(19-14-25)41(39,40)35-22-7-8-23-35/h4-6,9-14,16-19,31H,2-3,7-8,15,20-24H2,1H3,(H,34,38). The zero-order valence-corrected chi connectivity index (χ0v) is 25.0. The van der Waals surface area contributed by atoms with E-state index in [1.165, 1.54) is 4.31 Å². The van der Waals surface area contributed by atoms with E-state index in [0.29, 0.717) is 31.1 Å². The summed E-state index contributed by atoms with van der Waals surface area (Å²) in [7, 11) is -3.49. The molecule has 0 bridgehead atoms. The first-order chi connectivity index (χ1) is 19.8. The lowest BCUT2D eigenvalue weighted by molar-refractivity contribution is -0.141. The van der Waals surface area contributed by atoms with E-state index in [0.717, 1.165) is 42.4 Å². The maximum atomic E-state index is 13.9. The van der Waals surface area contributed by atoms with Crippen molar-refractivity contribution in [2.45, 2.75) is 62.9 Å². The summed E-state index contributed by atoms with van der Waals surface area (Å²) in [6.45, 7) is 3.94. The lowest BCUT2D eigenvalue weighted by atomic mass is 10.0. The summed E-state index contributed by atoms with van der Waals surface area (Å²) in [5.41, 5.74) is 2.45. The summed E-state index contributed by atoms with van der Waals surface area (Å²) in [6.07, 6.45) is 4.14. The Bertz CT molecular complexity index is 1390. The Morgan fingerprint density at radius 3 is 2.20 bits per heavy atom. The number of unbranched alkanes of at least 4 members (excludes halogenated alkanes) is 1. The molecule has 1 heterocycles. The van der Waals surface area contributed by atoms with Crippen molar-refractivity contribution in [2.24, 2.45) is 0 Å². The van der Waals surface area contributed by atoms with Gasteiger partial charge in [0, 0.05) is 37.6 Å². The number of carbonyl (C=O) groups excluding carboxylic acids is 2. The molecule has 3 aromatic rings. The molecule has 0 radical (unpaired) electrons. The second-order valence-corrected chi connectivity index (χ2v) is 12.7. The van der Waals surface area contributed by atoms with Gasteiger partial charge in [0.05, 0.1) is 4.90 Å². The van der Waals surface area contributed by atoms with Gasteiger partial charge in [-0.15, -0.1) is 0 Å². The number of rotatable bonds is 13. The first-order valence-corrected chi connectivity index (χ1v) is 16.1. The molecule has 0 saturated carbocycles. The molecule has 0 spiro atoms. The third kappa shape index (κ3) is 8.18. The molecule has 7 nitrogen and oxygen atoms in total. The number of hydrogen-bond donors (Lipinski definition) is 1. The average molecular weight is 596 g/mol. The van der Waals surface area contributed by atoms with E-state index in [9.17, 15) is 18.0 Å². The van der Waals surface area contributed by atoms with Gasteiger partial charge in [0.25, 0.3) is 0 Å². The van der Waals surface area contributed by atoms with Crippen molar-refractivity contribution in [1.29, 1.82) is 0 Å². The fourth-order valence-electron chi connectivity index (χ4n) is 5.00. The Hall–Kier alpha value is -3.20. The number of hydrogen-bond acceptors (Lipinski definition) is 4. The number of aryl methyl sites for hydroxylation is 1. The summed E-state index contributed by atoms with van der Waals surface area (Å²) in [5.74, 6) is -0.392. The van der Waals surface area contributed by atoms with Gasteiger partial charge < -0.3 is 10.2 Å². The first-order valence-electron chi connectivity index (χ1n) is 14.2. The fourth-order valence-corrected chi connectivity index (χ4v) is 6.65. The van der Waals surface area contributed by atoms with Crippen LogP contribution in [-0.2, 0) is 32.6 Å². The van der Waals surface area contributed by atoms with Crippen molar-refractivity contribution < 1.29 is 18.0 Å². The van der Waals surface area contributed by atoms with Crippen molar-refractivity contribution in [2.75, 3.05) is 19.6 Å². The maximum absolute atomic E-state index is 13.9. The zero-order chi connectivity index (χ0) is 29.2. The number of sulfonamides is 1. The number of nitrogens with one attached hydrogen (secondary N) is 1. The Balaban J connectivity index is 1.55. The SMILES string of the molecule is CCCCNC(=O)C(c1ccccc1)N(Cc1ccc(Cl)cc1)C(=O)CCc1ccc(S(=O)(=O)N2CCCC2)cc1. The predicted molar refractivity (Wildman–Crippen MR) is 162 cm³/mol. The van der Waals surface area contributed by atoms with Crippen LogP contribution >= 0.6 is 11.6 Å². The lowest BCUT2D eigenvalue weighted by Gasteiger charge is -2.32. The first kappa shape index (κ1) is 30.8. The molecule has 9 heteroatoms. The van der Waals surface area contributed by atoms with Crippen molar-refractivity contribution in [3.05, 3.63) is 101 Å². The molecule has 1 fully saturated rings. The molecular formula is C32H38ClN3O4S. The molecule has 0 aromatic heterocycles. The molecule has 1 unspecified atom stereocenters. The third-order valence-corrected chi connectivity index (χ3v) is 9.51. The van der Waals surface area contributed by atoms with Crippen LogP contribution in [0.3, 0.4) is 0 Å². The average Bonchev–Trinajstić information content (AvgIpc) is 3.54.